The Balaban J connectivity index is 2.42. The summed E-state index contributed by atoms with van der Waals surface area (Å²) in [5, 5.41) is 2.54. The average molecular weight is 368 g/mol. The van der Waals surface area contributed by atoms with E-state index in [1.54, 1.807) is 38.2 Å². The first kappa shape index (κ1) is 16.2. The third-order valence-corrected chi connectivity index (χ3v) is 6.75. The van der Waals surface area contributed by atoms with Crippen molar-refractivity contribution < 1.29 is 8.42 Å². The number of nitrogens with one attached hydrogen (secondary N) is 1. The maximum Gasteiger partial charge on any atom is 0.183 e. The Bertz CT molecular complexity index is 701. The van der Waals surface area contributed by atoms with Crippen LogP contribution in [-0.2, 0) is 9.84 Å². The number of rotatable bonds is 5. The molecule has 2 aromatic carbocycles. The summed E-state index contributed by atoms with van der Waals surface area (Å²) >= 11 is 3.33. The van der Waals surface area contributed by atoms with Crippen LogP contribution in [0.4, 0.5) is 0 Å². The van der Waals surface area contributed by atoms with Crippen molar-refractivity contribution in [2.45, 2.75) is 23.1 Å². The zero-order valence-corrected chi connectivity index (χ0v) is 14.4. The Hall–Kier alpha value is -1.17. The second-order valence-corrected chi connectivity index (χ2v) is 7.99. The highest BCUT2D eigenvalue weighted by molar-refractivity contribution is 9.10. The molecule has 2 unspecified atom stereocenters. The zero-order valence-electron chi connectivity index (χ0n) is 12.0. The Morgan fingerprint density at radius 1 is 1.00 bits per heavy atom. The Kier molecular flexibility index (Phi) is 5.19. The molecule has 0 fully saturated rings. The van der Waals surface area contributed by atoms with Crippen LogP contribution in [0.15, 0.2) is 64.0 Å². The van der Waals surface area contributed by atoms with Crippen molar-refractivity contribution in [1.82, 2.24) is 5.32 Å². The first-order valence-electron chi connectivity index (χ1n) is 6.69. The zero-order chi connectivity index (χ0) is 15.5. The Morgan fingerprint density at radius 2 is 1.57 bits per heavy atom. The summed E-state index contributed by atoms with van der Waals surface area (Å²) in [6.45, 7) is 1.74. The van der Waals surface area contributed by atoms with Gasteiger partial charge in [-0.3, -0.25) is 0 Å². The summed E-state index contributed by atoms with van der Waals surface area (Å²) in [6.07, 6.45) is 0. The molecule has 0 spiro atoms. The van der Waals surface area contributed by atoms with Gasteiger partial charge >= 0.3 is 0 Å². The molecule has 0 aliphatic heterocycles. The Labute approximate surface area is 134 Å². The SMILES string of the molecule is CNC(c1ccccc1)C(C)S(=O)(=O)c1ccccc1Br. The predicted molar refractivity (Wildman–Crippen MR) is 89.0 cm³/mol. The van der Waals surface area contributed by atoms with E-state index >= 15 is 0 Å². The number of hydrogen-bond donors (Lipinski definition) is 1. The molecule has 0 aliphatic carbocycles. The maximum absolute atomic E-state index is 12.9. The first-order chi connectivity index (χ1) is 9.98. The van der Waals surface area contributed by atoms with Crippen molar-refractivity contribution in [3.63, 3.8) is 0 Å². The molecular formula is C16H18BrNO2S. The van der Waals surface area contributed by atoms with Crippen molar-refractivity contribution in [3.05, 3.63) is 64.6 Å². The third kappa shape index (κ3) is 3.36. The highest BCUT2D eigenvalue weighted by Crippen LogP contribution is 2.30. The lowest BCUT2D eigenvalue weighted by Crippen LogP contribution is -2.33. The lowest BCUT2D eigenvalue weighted by Gasteiger charge is -2.24. The van der Waals surface area contributed by atoms with Crippen molar-refractivity contribution in [1.29, 1.82) is 0 Å². The van der Waals surface area contributed by atoms with E-state index in [0.717, 1.165) is 5.56 Å². The minimum Gasteiger partial charge on any atom is -0.312 e. The largest absolute Gasteiger partial charge is 0.312 e. The lowest BCUT2D eigenvalue weighted by molar-refractivity contribution is 0.530. The molecule has 2 aromatic rings. The summed E-state index contributed by atoms with van der Waals surface area (Å²) in [5.41, 5.74) is 0.961. The predicted octanol–water partition coefficient (Wildman–Crippen LogP) is 3.57. The van der Waals surface area contributed by atoms with E-state index in [2.05, 4.69) is 21.2 Å². The van der Waals surface area contributed by atoms with Crippen molar-refractivity contribution in [2.75, 3.05) is 7.05 Å². The smallest absolute Gasteiger partial charge is 0.183 e. The molecule has 112 valence electrons. The van der Waals surface area contributed by atoms with Gasteiger partial charge in [0.05, 0.1) is 10.1 Å². The van der Waals surface area contributed by atoms with E-state index in [1.807, 2.05) is 30.3 Å². The van der Waals surface area contributed by atoms with Crippen LogP contribution in [-0.4, -0.2) is 20.7 Å². The van der Waals surface area contributed by atoms with Gasteiger partial charge in [-0.05, 0) is 47.6 Å². The van der Waals surface area contributed by atoms with Gasteiger partial charge in [-0.2, -0.15) is 0 Å². The van der Waals surface area contributed by atoms with Gasteiger partial charge in [-0.25, -0.2) is 8.42 Å². The molecule has 0 aromatic heterocycles. The monoisotopic (exact) mass is 367 g/mol. The topological polar surface area (TPSA) is 46.2 Å². The van der Waals surface area contributed by atoms with Crippen LogP contribution in [0.2, 0.25) is 0 Å². The fraction of sp³-hybridized carbons (Fsp3) is 0.250. The maximum atomic E-state index is 12.9. The van der Waals surface area contributed by atoms with Crippen molar-refractivity contribution in [3.8, 4) is 0 Å². The van der Waals surface area contributed by atoms with Crippen LogP contribution in [0.5, 0.6) is 0 Å². The van der Waals surface area contributed by atoms with Gasteiger partial charge in [0, 0.05) is 10.5 Å². The summed E-state index contributed by atoms with van der Waals surface area (Å²) in [7, 11) is -1.66. The molecule has 0 aliphatic rings. The molecule has 0 heterocycles. The molecule has 0 bridgehead atoms. The molecule has 1 N–H and O–H groups in total. The van der Waals surface area contributed by atoms with E-state index in [0.29, 0.717) is 9.37 Å². The number of halogens is 1. The Morgan fingerprint density at radius 3 is 2.14 bits per heavy atom. The van der Waals surface area contributed by atoms with Gasteiger partial charge in [-0.15, -0.1) is 0 Å². The van der Waals surface area contributed by atoms with E-state index < -0.39 is 15.1 Å². The molecule has 2 atom stereocenters. The summed E-state index contributed by atoms with van der Waals surface area (Å²) < 4.78 is 26.3. The molecular weight excluding hydrogens is 350 g/mol. The molecule has 5 heteroatoms. The van der Waals surface area contributed by atoms with E-state index in [1.165, 1.54) is 0 Å². The average Bonchev–Trinajstić information content (AvgIpc) is 2.49. The number of sulfone groups is 1. The minimum absolute atomic E-state index is 0.261. The standard InChI is InChI=1S/C16H18BrNO2S/c1-12(16(18-2)13-8-4-3-5-9-13)21(19,20)15-11-7-6-10-14(15)17/h3-12,16,18H,1-2H3. The number of hydrogen-bond acceptors (Lipinski definition) is 3. The quantitative estimate of drug-likeness (QED) is 0.878. The highest BCUT2D eigenvalue weighted by atomic mass is 79.9. The van der Waals surface area contributed by atoms with Crippen LogP contribution >= 0.6 is 15.9 Å². The summed E-state index contributed by atoms with van der Waals surface area (Å²) in [4.78, 5) is 0.327. The fourth-order valence-electron chi connectivity index (χ4n) is 2.39. The molecule has 21 heavy (non-hydrogen) atoms. The van der Waals surface area contributed by atoms with Crippen LogP contribution in [0.1, 0.15) is 18.5 Å². The van der Waals surface area contributed by atoms with E-state index in [9.17, 15) is 8.42 Å². The minimum atomic E-state index is -3.44. The molecule has 0 radical (unpaired) electrons. The summed E-state index contributed by atoms with van der Waals surface area (Å²) in [5.74, 6) is 0. The highest BCUT2D eigenvalue weighted by Gasteiger charge is 2.32. The van der Waals surface area contributed by atoms with Gasteiger partial charge in [0.1, 0.15) is 0 Å². The molecule has 3 nitrogen and oxygen atoms in total. The van der Waals surface area contributed by atoms with Crippen molar-refractivity contribution in [2.24, 2.45) is 0 Å². The van der Waals surface area contributed by atoms with Crippen LogP contribution in [0.25, 0.3) is 0 Å². The van der Waals surface area contributed by atoms with Crippen LogP contribution in [0, 0.1) is 0 Å². The van der Waals surface area contributed by atoms with Crippen molar-refractivity contribution >= 4 is 25.8 Å². The third-order valence-electron chi connectivity index (χ3n) is 3.57. The van der Waals surface area contributed by atoms with Gasteiger partial charge in [0.15, 0.2) is 9.84 Å². The fourth-order valence-corrected chi connectivity index (χ4v) is 5.01. The molecule has 0 saturated heterocycles. The molecule has 2 rings (SSSR count). The van der Waals surface area contributed by atoms with Gasteiger partial charge in [0.25, 0.3) is 0 Å². The molecule has 0 saturated carbocycles. The van der Waals surface area contributed by atoms with Gasteiger partial charge in [0.2, 0.25) is 0 Å². The van der Waals surface area contributed by atoms with Crippen LogP contribution < -0.4 is 5.32 Å². The first-order valence-corrected chi connectivity index (χ1v) is 9.03. The normalized spacial score (nSPS) is 14.6. The number of benzene rings is 2. The molecule has 0 amide bonds. The van der Waals surface area contributed by atoms with Crippen LogP contribution in [0.3, 0.4) is 0 Å². The van der Waals surface area contributed by atoms with Gasteiger partial charge in [-0.1, -0.05) is 42.5 Å². The van der Waals surface area contributed by atoms with E-state index in [-0.39, 0.29) is 6.04 Å². The van der Waals surface area contributed by atoms with Gasteiger partial charge < -0.3 is 5.32 Å². The second-order valence-electron chi connectivity index (χ2n) is 4.86. The van der Waals surface area contributed by atoms with E-state index in [4.69, 9.17) is 0 Å². The summed E-state index contributed by atoms with van der Waals surface area (Å²) in [6, 6.07) is 16.3. The lowest BCUT2D eigenvalue weighted by atomic mass is 10.0. The second kappa shape index (κ2) is 6.73.